The number of aliphatic hydroxyl groups excluding tert-OH is 1. The molecule has 0 radical (unpaired) electrons. The van der Waals surface area contributed by atoms with Crippen LogP contribution in [-0.4, -0.2) is 38.4 Å². The average Bonchev–Trinajstić information content (AvgIpc) is 2.82. The SMILES string of the molecule is CCc1nsc(SCCCC(C)(CO)NC(C)C)n1. The lowest BCUT2D eigenvalue weighted by molar-refractivity contribution is 0.156. The van der Waals surface area contributed by atoms with Crippen LogP contribution < -0.4 is 5.32 Å². The van der Waals surface area contributed by atoms with Crippen molar-refractivity contribution in [2.24, 2.45) is 0 Å². The predicted molar refractivity (Wildman–Crippen MR) is 83.0 cm³/mol. The third-order valence-corrected chi connectivity index (χ3v) is 4.81. The van der Waals surface area contributed by atoms with Gasteiger partial charge in [0.2, 0.25) is 0 Å². The molecule has 1 aromatic rings. The van der Waals surface area contributed by atoms with Gasteiger partial charge >= 0.3 is 0 Å². The Morgan fingerprint density at radius 1 is 1.47 bits per heavy atom. The van der Waals surface area contributed by atoms with E-state index in [1.807, 2.05) is 0 Å². The fraction of sp³-hybridized carbons (Fsp3) is 0.846. The van der Waals surface area contributed by atoms with Gasteiger partial charge in [0.15, 0.2) is 4.34 Å². The summed E-state index contributed by atoms with van der Waals surface area (Å²) in [7, 11) is 0. The van der Waals surface area contributed by atoms with Gasteiger partial charge in [0.1, 0.15) is 5.82 Å². The molecule has 0 fully saturated rings. The minimum Gasteiger partial charge on any atom is -0.394 e. The Morgan fingerprint density at radius 3 is 2.74 bits per heavy atom. The Kier molecular flexibility index (Phi) is 7.28. The molecule has 0 amide bonds. The van der Waals surface area contributed by atoms with Gasteiger partial charge in [-0.2, -0.15) is 4.37 Å². The second-order valence-corrected chi connectivity index (χ2v) is 7.39. The minimum atomic E-state index is -0.176. The Balaban J connectivity index is 2.28. The van der Waals surface area contributed by atoms with Crippen molar-refractivity contribution in [1.82, 2.24) is 14.7 Å². The minimum absolute atomic E-state index is 0.175. The highest BCUT2D eigenvalue weighted by Gasteiger charge is 2.23. The Hall–Kier alpha value is -0.170. The molecule has 0 aliphatic carbocycles. The fourth-order valence-electron chi connectivity index (χ4n) is 1.96. The van der Waals surface area contributed by atoms with Gasteiger partial charge in [-0.05, 0) is 31.3 Å². The molecule has 110 valence electrons. The van der Waals surface area contributed by atoms with Crippen LogP contribution in [0.25, 0.3) is 0 Å². The lowest BCUT2D eigenvalue weighted by Gasteiger charge is -2.31. The standard InChI is InChI=1S/C13H25N3OS2/c1-5-11-14-12(19-16-11)18-8-6-7-13(4,9-17)15-10(2)3/h10,15,17H,5-9H2,1-4H3. The number of hydrogen-bond donors (Lipinski definition) is 2. The molecule has 6 heteroatoms. The van der Waals surface area contributed by atoms with Gasteiger partial charge in [-0.25, -0.2) is 4.98 Å². The lowest BCUT2D eigenvalue weighted by Crippen LogP contribution is -2.49. The topological polar surface area (TPSA) is 58.0 Å². The third kappa shape index (κ3) is 6.21. The van der Waals surface area contributed by atoms with E-state index in [2.05, 4.69) is 42.4 Å². The van der Waals surface area contributed by atoms with Gasteiger partial charge < -0.3 is 10.4 Å². The van der Waals surface area contributed by atoms with Crippen LogP contribution in [0.2, 0.25) is 0 Å². The van der Waals surface area contributed by atoms with Gasteiger partial charge in [0.25, 0.3) is 0 Å². The van der Waals surface area contributed by atoms with E-state index in [9.17, 15) is 5.11 Å². The number of rotatable bonds is 9. The maximum Gasteiger partial charge on any atom is 0.170 e. The first-order valence-electron chi connectivity index (χ1n) is 6.83. The van der Waals surface area contributed by atoms with E-state index in [0.717, 1.165) is 35.2 Å². The Labute approximate surface area is 124 Å². The van der Waals surface area contributed by atoms with Crippen molar-refractivity contribution < 1.29 is 5.11 Å². The van der Waals surface area contributed by atoms with E-state index < -0.39 is 0 Å². The summed E-state index contributed by atoms with van der Waals surface area (Å²) >= 11 is 3.25. The van der Waals surface area contributed by atoms with Gasteiger partial charge in [-0.1, -0.05) is 32.5 Å². The highest BCUT2D eigenvalue weighted by Crippen LogP contribution is 2.23. The molecule has 1 aromatic heterocycles. The molecule has 0 saturated heterocycles. The van der Waals surface area contributed by atoms with Crippen LogP contribution in [0.15, 0.2) is 4.34 Å². The lowest BCUT2D eigenvalue weighted by atomic mass is 9.96. The molecule has 19 heavy (non-hydrogen) atoms. The summed E-state index contributed by atoms with van der Waals surface area (Å²) in [4.78, 5) is 4.44. The molecule has 1 unspecified atom stereocenters. The first-order chi connectivity index (χ1) is 8.99. The molecular formula is C13H25N3OS2. The smallest absolute Gasteiger partial charge is 0.170 e. The van der Waals surface area contributed by atoms with Crippen LogP contribution >= 0.6 is 23.3 Å². The van der Waals surface area contributed by atoms with Crippen molar-refractivity contribution in [1.29, 1.82) is 0 Å². The van der Waals surface area contributed by atoms with Crippen molar-refractivity contribution in [3.63, 3.8) is 0 Å². The van der Waals surface area contributed by atoms with Crippen molar-refractivity contribution in [3.05, 3.63) is 5.82 Å². The van der Waals surface area contributed by atoms with E-state index in [4.69, 9.17) is 0 Å². The predicted octanol–water partition coefficient (Wildman–Crippen LogP) is 2.72. The van der Waals surface area contributed by atoms with Crippen LogP contribution in [0.5, 0.6) is 0 Å². The number of aliphatic hydroxyl groups is 1. The largest absolute Gasteiger partial charge is 0.394 e. The van der Waals surface area contributed by atoms with Crippen molar-refractivity contribution >= 4 is 23.3 Å². The molecule has 0 saturated carbocycles. The van der Waals surface area contributed by atoms with Crippen LogP contribution in [0, 0.1) is 0 Å². The zero-order valence-corrected chi connectivity index (χ0v) is 13.9. The normalized spacial score (nSPS) is 14.8. The summed E-state index contributed by atoms with van der Waals surface area (Å²) in [6.45, 7) is 8.54. The molecule has 1 heterocycles. The number of aromatic nitrogens is 2. The van der Waals surface area contributed by atoms with Crippen LogP contribution in [0.4, 0.5) is 0 Å². The maximum atomic E-state index is 9.50. The monoisotopic (exact) mass is 303 g/mol. The van der Waals surface area contributed by atoms with Crippen molar-refractivity contribution in [2.45, 2.75) is 62.9 Å². The zero-order valence-electron chi connectivity index (χ0n) is 12.3. The highest BCUT2D eigenvalue weighted by atomic mass is 32.2. The molecule has 0 spiro atoms. The van der Waals surface area contributed by atoms with E-state index in [1.54, 1.807) is 11.8 Å². The van der Waals surface area contributed by atoms with Gasteiger partial charge in [-0.15, -0.1) is 0 Å². The highest BCUT2D eigenvalue weighted by molar-refractivity contribution is 8.00. The molecular weight excluding hydrogens is 278 g/mol. The van der Waals surface area contributed by atoms with E-state index in [1.165, 1.54) is 11.5 Å². The van der Waals surface area contributed by atoms with Crippen LogP contribution in [0.1, 0.15) is 46.4 Å². The summed E-state index contributed by atoms with van der Waals surface area (Å²) in [5.74, 6) is 1.96. The van der Waals surface area contributed by atoms with Gasteiger partial charge in [0, 0.05) is 23.8 Å². The van der Waals surface area contributed by atoms with E-state index in [-0.39, 0.29) is 12.1 Å². The van der Waals surface area contributed by atoms with E-state index >= 15 is 0 Å². The van der Waals surface area contributed by atoms with Crippen LogP contribution in [0.3, 0.4) is 0 Å². The number of aryl methyl sites for hydroxylation is 1. The fourth-order valence-corrected chi connectivity index (χ4v) is 3.66. The van der Waals surface area contributed by atoms with Crippen LogP contribution in [-0.2, 0) is 6.42 Å². The molecule has 0 aromatic carbocycles. The molecule has 0 bridgehead atoms. The Bertz CT molecular complexity index is 371. The first kappa shape index (κ1) is 16.9. The molecule has 2 N–H and O–H groups in total. The number of hydrogen-bond acceptors (Lipinski definition) is 6. The molecule has 0 aliphatic rings. The summed E-state index contributed by atoms with van der Waals surface area (Å²) < 4.78 is 5.33. The average molecular weight is 303 g/mol. The quantitative estimate of drug-likeness (QED) is 0.542. The summed E-state index contributed by atoms with van der Waals surface area (Å²) in [5.41, 5.74) is -0.176. The third-order valence-electron chi connectivity index (χ3n) is 2.85. The second-order valence-electron chi connectivity index (χ2n) is 5.30. The van der Waals surface area contributed by atoms with Crippen molar-refractivity contribution in [2.75, 3.05) is 12.4 Å². The summed E-state index contributed by atoms with van der Waals surface area (Å²) in [5, 5.41) is 12.9. The first-order valence-corrected chi connectivity index (χ1v) is 8.59. The Morgan fingerprint density at radius 2 is 2.21 bits per heavy atom. The number of thioether (sulfide) groups is 1. The molecule has 4 nitrogen and oxygen atoms in total. The molecule has 1 atom stereocenters. The zero-order chi connectivity index (χ0) is 14.3. The number of nitrogens with zero attached hydrogens (tertiary/aromatic N) is 2. The maximum absolute atomic E-state index is 9.50. The summed E-state index contributed by atoms with van der Waals surface area (Å²) in [6.07, 6.45) is 2.93. The van der Waals surface area contributed by atoms with E-state index in [0.29, 0.717) is 6.04 Å². The van der Waals surface area contributed by atoms with Gasteiger partial charge in [0.05, 0.1) is 6.61 Å². The van der Waals surface area contributed by atoms with Gasteiger partial charge in [-0.3, -0.25) is 0 Å². The molecule has 1 rings (SSSR count). The molecule has 0 aliphatic heterocycles. The van der Waals surface area contributed by atoms with Crippen molar-refractivity contribution in [3.8, 4) is 0 Å². The summed E-state index contributed by atoms with van der Waals surface area (Å²) in [6, 6.07) is 0.389. The number of nitrogens with one attached hydrogen (secondary N) is 1. The second kappa shape index (κ2) is 8.19.